The van der Waals surface area contributed by atoms with Crippen LogP contribution in [0.1, 0.15) is 13.3 Å². The standard InChI is InChI=1S/C14H17N5O2/c1-2-11-13(21)16-5-6-19(11)14-17-10-4-3-8(15)7-9(10)12(20)18-14/h3-4,7,11H,2,5-6,15H2,1H3,(H,16,21)(H,17,18,20). The Morgan fingerprint density at radius 1 is 1.43 bits per heavy atom. The van der Waals surface area contributed by atoms with Crippen LogP contribution in [0, 0.1) is 0 Å². The maximum absolute atomic E-state index is 12.2. The van der Waals surface area contributed by atoms with E-state index in [0.29, 0.717) is 42.0 Å². The van der Waals surface area contributed by atoms with Gasteiger partial charge in [-0.25, -0.2) is 4.98 Å². The van der Waals surface area contributed by atoms with E-state index < -0.39 is 0 Å². The predicted molar refractivity (Wildman–Crippen MR) is 81.2 cm³/mol. The molecule has 0 bridgehead atoms. The van der Waals surface area contributed by atoms with E-state index in [-0.39, 0.29) is 17.5 Å². The lowest BCUT2D eigenvalue weighted by Crippen LogP contribution is -2.55. The number of piperazine rings is 1. The number of nitrogens with two attached hydrogens (primary N) is 1. The lowest BCUT2D eigenvalue weighted by atomic mass is 10.1. The molecule has 1 atom stereocenters. The number of nitrogen functional groups attached to an aromatic ring is 1. The summed E-state index contributed by atoms with van der Waals surface area (Å²) in [5.74, 6) is 0.391. The van der Waals surface area contributed by atoms with Gasteiger partial charge in [-0.2, -0.15) is 0 Å². The van der Waals surface area contributed by atoms with Crippen molar-refractivity contribution >= 4 is 28.4 Å². The summed E-state index contributed by atoms with van der Waals surface area (Å²) in [6.45, 7) is 3.09. The van der Waals surface area contributed by atoms with Crippen LogP contribution in [0.2, 0.25) is 0 Å². The monoisotopic (exact) mass is 287 g/mol. The molecule has 7 nitrogen and oxygen atoms in total. The second-order valence-electron chi connectivity index (χ2n) is 5.07. The number of hydrogen-bond donors (Lipinski definition) is 3. The molecular formula is C14H17N5O2. The number of nitrogens with one attached hydrogen (secondary N) is 2. The maximum atomic E-state index is 12.2. The first-order valence-electron chi connectivity index (χ1n) is 6.94. The van der Waals surface area contributed by atoms with Gasteiger partial charge >= 0.3 is 0 Å². The molecule has 1 aliphatic heterocycles. The molecule has 1 fully saturated rings. The van der Waals surface area contributed by atoms with Gasteiger partial charge in [-0.05, 0) is 24.6 Å². The van der Waals surface area contributed by atoms with Crippen LogP contribution in [0.3, 0.4) is 0 Å². The van der Waals surface area contributed by atoms with Gasteiger partial charge in [0.2, 0.25) is 11.9 Å². The number of H-pyrrole nitrogens is 1. The number of anilines is 2. The molecule has 0 spiro atoms. The molecule has 1 amide bonds. The van der Waals surface area contributed by atoms with Gasteiger partial charge in [-0.15, -0.1) is 0 Å². The lowest BCUT2D eigenvalue weighted by Gasteiger charge is -2.34. The van der Waals surface area contributed by atoms with Crippen LogP contribution < -0.4 is 21.5 Å². The third-order valence-corrected chi connectivity index (χ3v) is 3.71. The Morgan fingerprint density at radius 2 is 2.24 bits per heavy atom. The first-order chi connectivity index (χ1) is 10.1. The number of aromatic nitrogens is 2. The first kappa shape index (κ1) is 13.4. The van der Waals surface area contributed by atoms with Gasteiger partial charge < -0.3 is 16.0 Å². The third kappa shape index (κ3) is 2.31. The Hall–Kier alpha value is -2.57. The quantitative estimate of drug-likeness (QED) is 0.685. The fourth-order valence-electron chi connectivity index (χ4n) is 2.65. The van der Waals surface area contributed by atoms with Crippen LogP contribution >= 0.6 is 0 Å². The molecule has 3 rings (SSSR count). The maximum Gasteiger partial charge on any atom is 0.260 e. The van der Waals surface area contributed by atoms with Crippen molar-refractivity contribution in [1.82, 2.24) is 15.3 Å². The van der Waals surface area contributed by atoms with Crippen molar-refractivity contribution in [3.63, 3.8) is 0 Å². The number of aromatic amines is 1. The van der Waals surface area contributed by atoms with Crippen LogP contribution in [0.15, 0.2) is 23.0 Å². The Labute approximate surface area is 121 Å². The summed E-state index contributed by atoms with van der Waals surface area (Å²) in [4.78, 5) is 33.2. The highest BCUT2D eigenvalue weighted by molar-refractivity contribution is 5.87. The van der Waals surface area contributed by atoms with Crippen LogP contribution in [-0.4, -0.2) is 35.0 Å². The fraction of sp³-hybridized carbons (Fsp3) is 0.357. The Kier molecular flexibility index (Phi) is 3.25. The second kappa shape index (κ2) is 5.08. The topological polar surface area (TPSA) is 104 Å². The Morgan fingerprint density at radius 3 is 3.00 bits per heavy atom. The summed E-state index contributed by atoms with van der Waals surface area (Å²) in [5, 5.41) is 3.28. The molecule has 1 aromatic heterocycles. The minimum absolute atomic E-state index is 0.0381. The van der Waals surface area contributed by atoms with Crippen LogP contribution in [0.5, 0.6) is 0 Å². The van der Waals surface area contributed by atoms with Gasteiger partial charge in [0.15, 0.2) is 0 Å². The van der Waals surface area contributed by atoms with Gasteiger partial charge in [0.05, 0.1) is 10.9 Å². The molecule has 1 saturated heterocycles. The van der Waals surface area contributed by atoms with E-state index in [1.54, 1.807) is 18.2 Å². The average Bonchev–Trinajstić information content (AvgIpc) is 2.47. The zero-order chi connectivity index (χ0) is 15.0. The highest BCUT2D eigenvalue weighted by atomic mass is 16.2. The summed E-state index contributed by atoms with van der Waals surface area (Å²) < 4.78 is 0. The number of benzene rings is 1. The predicted octanol–water partition coefficient (Wildman–Crippen LogP) is 0.220. The SMILES string of the molecule is CCC1C(=O)NCCN1c1nc2ccc(N)cc2c(=O)[nH]1. The van der Waals surface area contributed by atoms with E-state index >= 15 is 0 Å². The number of hydrogen-bond acceptors (Lipinski definition) is 5. The zero-order valence-corrected chi connectivity index (χ0v) is 11.7. The normalized spacial score (nSPS) is 18.8. The third-order valence-electron chi connectivity index (χ3n) is 3.71. The van der Waals surface area contributed by atoms with E-state index in [1.165, 1.54) is 0 Å². The van der Waals surface area contributed by atoms with Gasteiger partial charge in [-0.3, -0.25) is 14.6 Å². The molecule has 0 aliphatic carbocycles. The Balaban J connectivity index is 2.10. The van der Waals surface area contributed by atoms with Gasteiger partial charge in [0.25, 0.3) is 5.56 Å². The van der Waals surface area contributed by atoms with Crippen molar-refractivity contribution in [1.29, 1.82) is 0 Å². The number of amides is 1. The molecule has 21 heavy (non-hydrogen) atoms. The largest absolute Gasteiger partial charge is 0.399 e. The minimum Gasteiger partial charge on any atom is -0.399 e. The molecule has 0 saturated carbocycles. The van der Waals surface area contributed by atoms with Crippen molar-refractivity contribution in [2.45, 2.75) is 19.4 Å². The molecular weight excluding hydrogens is 270 g/mol. The van der Waals surface area contributed by atoms with Gasteiger partial charge in [-0.1, -0.05) is 6.92 Å². The molecule has 110 valence electrons. The van der Waals surface area contributed by atoms with E-state index in [2.05, 4.69) is 15.3 Å². The Bertz CT molecular complexity index is 755. The van der Waals surface area contributed by atoms with Crippen molar-refractivity contribution in [2.24, 2.45) is 0 Å². The van der Waals surface area contributed by atoms with Crippen LogP contribution in [-0.2, 0) is 4.79 Å². The number of nitrogens with zero attached hydrogens (tertiary/aromatic N) is 2. The van der Waals surface area contributed by atoms with Gasteiger partial charge in [0.1, 0.15) is 6.04 Å². The van der Waals surface area contributed by atoms with Gasteiger partial charge in [0, 0.05) is 18.8 Å². The van der Waals surface area contributed by atoms with Crippen molar-refractivity contribution in [2.75, 3.05) is 23.7 Å². The molecule has 7 heteroatoms. The van der Waals surface area contributed by atoms with Crippen LogP contribution in [0.4, 0.5) is 11.6 Å². The van der Waals surface area contributed by atoms with E-state index in [0.717, 1.165) is 0 Å². The summed E-state index contributed by atoms with van der Waals surface area (Å²) >= 11 is 0. The molecule has 2 aromatic rings. The number of rotatable bonds is 2. The van der Waals surface area contributed by atoms with E-state index in [1.807, 2.05) is 11.8 Å². The molecule has 1 aromatic carbocycles. The van der Waals surface area contributed by atoms with Crippen molar-refractivity contribution in [3.05, 3.63) is 28.6 Å². The average molecular weight is 287 g/mol. The minimum atomic E-state index is -0.312. The van der Waals surface area contributed by atoms with E-state index in [9.17, 15) is 9.59 Å². The molecule has 0 radical (unpaired) electrons. The second-order valence-corrected chi connectivity index (χ2v) is 5.07. The van der Waals surface area contributed by atoms with Crippen molar-refractivity contribution in [3.8, 4) is 0 Å². The summed E-state index contributed by atoms with van der Waals surface area (Å²) in [7, 11) is 0. The number of fused-ring (bicyclic) bond motifs is 1. The smallest absolute Gasteiger partial charge is 0.260 e. The summed E-state index contributed by atoms with van der Waals surface area (Å²) in [6, 6.07) is 4.71. The number of carbonyl (C=O) groups is 1. The number of carbonyl (C=O) groups excluding carboxylic acids is 1. The molecule has 1 aliphatic rings. The van der Waals surface area contributed by atoms with Crippen LogP contribution in [0.25, 0.3) is 10.9 Å². The highest BCUT2D eigenvalue weighted by Gasteiger charge is 2.29. The first-order valence-corrected chi connectivity index (χ1v) is 6.94. The molecule has 1 unspecified atom stereocenters. The lowest BCUT2D eigenvalue weighted by molar-refractivity contribution is -0.123. The summed E-state index contributed by atoms with van der Waals surface area (Å²) in [5.41, 5.74) is 6.54. The summed E-state index contributed by atoms with van der Waals surface area (Å²) in [6.07, 6.45) is 0.648. The highest BCUT2D eigenvalue weighted by Crippen LogP contribution is 2.18. The fourth-order valence-corrected chi connectivity index (χ4v) is 2.65. The molecule has 2 heterocycles. The zero-order valence-electron chi connectivity index (χ0n) is 11.7. The van der Waals surface area contributed by atoms with E-state index in [4.69, 9.17) is 5.73 Å². The van der Waals surface area contributed by atoms with Crippen molar-refractivity contribution < 1.29 is 4.79 Å². The molecule has 4 N–H and O–H groups in total.